The molecular weight excluding hydrogens is 286 g/mol. The lowest BCUT2D eigenvalue weighted by Gasteiger charge is -2.16. The predicted molar refractivity (Wildman–Crippen MR) is 83.4 cm³/mol. The van der Waals surface area contributed by atoms with E-state index in [0.29, 0.717) is 29.6 Å². The van der Waals surface area contributed by atoms with Gasteiger partial charge in [-0.15, -0.1) is 0 Å². The fourth-order valence-corrected chi connectivity index (χ4v) is 2.76. The molecule has 1 amide bonds. The van der Waals surface area contributed by atoms with Gasteiger partial charge in [0.15, 0.2) is 0 Å². The number of hydrogen-bond acceptors (Lipinski definition) is 3. The van der Waals surface area contributed by atoms with Crippen molar-refractivity contribution in [3.05, 3.63) is 58.2 Å². The van der Waals surface area contributed by atoms with E-state index in [9.17, 15) is 4.79 Å². The van der Waals surface area contributed by atoms with Crippen molar-refractivity contribution >= 4 is 23.3 Å². The number of nitrogens with zero attached hydrogens (tertiary/aromatic N) is 2. The number of benzene rings is 1. The van der Waals surface area contributed by atoms with E-state index in [1.54, 1.807) is 12.1 Å². The Bertz CT molecular complexity index is 662. The Balaban J connectivity index is 1.84. The molecule has 1 aromatic heterocycles. The molecule has 1 aliphatic heterocycles. The van der Waals surface area contributed by atoms with Crippen molar-refractivity contribution in [1.29, 1.82) is 0 Å². The minimum absolute atomic E-state index is 0.0188. The number of rotatable bonds is 3. The Hall–Kier alpha value is -2.07. The summed E-state index contributed by atoms with van der Waals surface area (Å²) in [5.74, 6) is 0.611. The minimum atomic E-state index is -0.0188. The molecular formula is C16H16ClN3O. The topological polar surface area (TPSA) is 45.2 Å². The third kappa shape index (κ3) is 2.85. The summed E-state index contributed by atoms with van der Waals surface area (Å²) in [4.78, 5) is 18.6. The molecule has 1 N–H and O–H groups in total. The van der Waals surface area contributed by atoms with Crippen molar-refractivity contribution in [2.24, 2.45) is 0 Å². The maximum Gasteiger partial charge on any atom is 0.254 e. The highest BCUT2D eigenvalue weighted by molar-refractivity contribution is 6.29. The number of amides is 1. The number of fused-ring (bicyclic) bond motifs is 1. The highest BCUT2D eigenvalue weighted by Crippen LogP contribution is 2.25. The molecule has 2 heterocycles. The number of pyridine rings is 1. The molecule has 0 atom stereocenters. The fraction of sp³-hybridized carbons (Fsp3) is 0.250. The molecule has 0 spiro atoms. The molecule has 4 nitrogen and oxygen atoms in total. The summed E-state index contributed by atoms with van der Waals surface area (Å²) in [6.07, 6.45) is 0. The van der Waals surface area contributed by atoms with Crippen LogP contribution in [0.1, 0.15) is 28.4 Å². The molecule has 1 aromatic carbocycles. The molecule has 0 unspecified atom stereocenters. The lowest BCUT2D eigenvalue weighted by molar-refractivity contribution is 0.0751. The van der Waals surface area contributed by atoms with Gasteiger partial charge in [0.05, 0.1) is 0 Å². The zero-order chi connectivity index (χ0) is 14.8. The normalized spacial score (nSPS) is 13.1. The van der Waals surface area contributed by atoms with Crippen LogP contribution in [-0.2, 0) is 13.1 Å². The van der Waals surface area contributed by atoms with Gasteiger partial charge in [-0.1, -0.05) is 35.9 Å². The van der Waals surface area contributed by atoms with Crippen molar-refractivity contribution in [1.82, 2.24) is 9.88 Å². The summed E-state index contributed by atoms with van der Waals surface area (Å²) in [5.41, 5.74) is 2.98. The molecule has 0 radical (unpaired) electrons. The Kier molecular flexibility index (Phi) is 3.80. The second-order valence-electron chi connectivity index (χ2n) is 5.02. The molecule has 0 fully saturated rings. The molecule has 2 aromatic rings. The average molecular weight is 302 g/mol. The van der Waals surface area contributed by atoms with Crippen LogP contribution in [-0.4, -0.2) is 22.3 Å². The van der Waals surface area contributed by atoms with Gasteiger partial charge in [-0.3, -0.25) is 4.79 Å². The molecule has 5 heteroatoms. The first-order valence-electron chi connectivity index (χ1n) is 6.95. The van der Waals surface area contributed by atoms with E-state index in [2.05, 4.69) is 22.4 Å². The van der Waals surface area contributed by atoms with E-state index >= 15 is 0 Å². The molecule has 0 saturated carbocycles. The first-order valence-corrected chi connectivity index (χ1v) is 7.32. The Morgan fingerprint density at radius 3 is 2.57 bits per heavy atom. The van der Waals surface area contributed by atoms with E-state index < -0.39 is 0 Å². The third-order valence-electron chi connectivity index (χ3n) is 3.53. The summed E-state index contributed by atoms with van der Waals surface area (Å²) in [7, 11) is 0. The van der Waals surface area contributed by atoms with Crippen LogP contribution < -0.4 is 5.32 Å². The van der Waals surface area contributed by atoms with E-state index in [4.69, 9.17) is 11.6 Å². The number of aromatic nitrogens is 1. The molecule has 0 saturated heterocycles. The molecule has 3 rings (SSSR count). The second kappa shape index (κ2) is 5.74. The number of anilines is 1. The molecule has 1 aliphatic rings. The minimum Gasteiger partial charge on any atom is -0.370 e. The zero-order valence-corrected chi connectivity index (χ0v) is 12.5. The van der Waals surface area contributed by atoms with Gasteiger partial charge in [-0.2, -0.15) is 0 Å². The number of nitrogens with one attached hydrogen (secondary N) is 1. The monoisotopic (exact) mass is 301 g/mol. The van der Waals surface area contributed by atoms with Gasteiger partial charge in [-0.25, -0.2) is 4.98 Å². The third-order valence-corrected chi connectivity index (χ3v) is 3.72. The lowest BCUT2D eigenvalue weighted by atomic mass is 10.1. The van der Waals surface area contributed by atoms with Crippen LogP contribution >= 0.6 is 11.6 Å². The van der Waals surface area contributed by atoms with Crippen molar-refractivity contribution in [3.8, 4) is 0 Å². The number of carbonyl (C=O) groups is 1. The summed E-state index contributed by atoms with van der Waals surface area (Å²) in [5, 5.41) is 3.41. The number of hydrogen-bond donors (Lipinski definition) is 1. The highest BCUT2D eigenvalue weighted by Gasteiger charge is 2.24. The van der Waals surface area contributed by atoms with Gasteiger partial charge >= 0.3 is 0 Å². The largest absolute Gasteiger partial charge is 0.370 e. The maximum atomic E-state index is 12.6. The van der Waals surface area contributed by atoms with Crippen molar-refractivity contribution < 1.29 is 4.79 Å². The van der Waals surface area contributed by atoms with E-state index in [1.165, 1.54) is 11.1 Å². The van der Waals surface area contributed by atoms with E-state index in [-0.39, 0.29) is 5.91 Å². The quantitative estimate of drug-likeness (QED) is 0.885. The Labute approximate surface area is 128 Å². The summed E-state index contributed by atoms with van der Waals surface area (Å²) < 4.78 is 0. The van der Waals surface area contributed by atoms with Gasteiger partial charge < -0.3 is 10.2 Å². The van der Waals surface area contributed by atoms with Gasteiger partial charge in [-0.05, 0) is 30.2 Å². The summed E-state index contributed by atoms with van der Waals surface area (Å²) in [6, 6.07) is 11.5. The van der Waals surface area contributed by atoms with E-state index in [1.807, 2.05) is 24.0 Å². The number of halogens is 1. The first kappa shape index (κ1) is 13.9. The standard InChI is InChI=1S/C16H16ClN3O/c1-2-18-15-8-13(7-14(17)19-15)16(21)20-9-11-5-3-4-6-12(11)10-20/h3-8H,2,9-10H2,1H3,(H,18,19). The van der Waals surface area contributed by atoms with Crippen molar-refractivity contribution in [2.45, 2.75) is 20.0 Å². The molecule has 0 bridgehead atoms. The molecule has 0 aliphatic carbocycles. The van der Waals surface area contributed by atoms with Crippen molar-refractivity contribution in [3.63, 3.8) is 0 Å². The highest BCUT2D eigenvalue weighted by atomic mass is 35.5. The van der Waals surface area contributed by atoms with Gasteiger partial charge in [0.1, 0.15) is 11.0 Å². The smallest absolute Gasteiger partial charge is 0.254 e. The van der Waals surface area contributed by atoms with Gasteiger partial charge in [0.25, 0.3) is 5.91 Å². The lowest BCUT2D eigenvalue weighted by Crippen LogP contribution is -2.25. The SMILES string of the molecule is CCNc1cc(C(=O)N2Cc3ccccc3C2)cc(Cl)n1. The van der Waals surface area contributed by atoms with Crippen molar-refractivity contribution in [2.75, 3.05) is 11.9 Å². The Morgan fingerprint density at radius 2 is 1.95 bits per heavy atom. The molecule has 21 heavy (non-hydrogen) atoms. The van der Waals surface area contributed by atoms with Crippen LogP contribution in [0.15, 0.2) is 36.4 Å². The second-order valence-corrected chi connectivity index (χ2v) is 5.41. The van der Waals surface area contributed by atoms with Crippen LogP contribution in [0.3, 0.4) is 0 Å². The molecule has 108 valence electrons. The van der Waals surface area contributed by atoms with Gasteiger partial charge in [0.2, 0.25) is 0 Å². The average Bonchev–Trinajstić information content (AvgIpc) is 2.90. The van der Waals surface area contributed by atoms with Crippen LogP contribution in [0.2, 0.25) is 5.15 Å². The van der Waals surface area contributed by atoms with Crippen LogP contribution in [0.4, 0.5) is 5.82 Å². The number of carbonyl (C=O) groups excluding carboxylic acids is 1. The first-order chi connectivity index (χ1) is 10.2. The Morgan fingerprint density at radius 1 is 1.29 bits per heavy atom. The maximum absolute atomic E-state index is 12.6. The zero-order valence-electron chi connectivity index (χ0n) is 11.8. The summed E-state index contributed by atoms with van der Waals surface area (Å²) >= 11 is 6.00. The van der Waals surface area contributed by atoms with Crippen LogP contribution in [0.25, 0.3) is 0 Å². The van der Waals surface area contributed by atoms with Crippen LogP contribution in [0.5, 0.6) is 0 Å². The summed E-state index contributed by atoms with van der Waals surface area (Å²) in [6.45, 7) is 3.99. The van der Waals surface area contributed by atoms with Gasteiger partial charge in [0, 0.05) is 25.2 Å². The van der Waals surface area contributed by atoms with E-state index in [0.717, 1.165) is 6.54 Å². The van der Waals surface area contributed by atoms with Crippen LogP contribution in [0, 0.1) is 0 Å². The fourth-order valence-electron chi connectivity index (χ4n) is 2.55. The predicted octanol–water partition coefficient (Wildman–Crippen LogP) is 3.32.